The highest BCUT2D eigenvalue weighted by atomic mass is 32.1. The molecule has 2 unspecified atom stereocenters. The topological polar surface area (TPSA) is 23.5 Å². The van der Waals surface area contributed by atoms with Gasteiger partial charge in [-0.05, 0) is 44.2 Å². The van der Waals surface area contributed by atoms with E-state index in [1.807, 2.05) is 11.3 Å². The van der Waals surface area contributed by atoms with E-state index in [4.69, 9.17) is 0 Å². The number of nitrogens with zero attached hydrogens (tertiary/aromatic N) is 1. The highest BCUT2D eigenvalue weighted by molar-refractivity contribution is 7.09. The second-order valence-electron chi connectivity index (χ2n) is 4.38. The molecule has 0 saturated heterocycles. The summed E-state index contributed by atoms with van der Waals surface area (Å²) in [6.45, 7) is 1.06. The fraction of sp³-hybridized carbons (Fsp3) is 0.667. The Morgan fingerprint density at radius 3 is 3.00 bits per heavy atom. The molecule has 1 aliphatic carbocycles. The molecule has 3 heteroatoms. The van der Waals surface area contributed by atoms with Gasteiger partial charge in [-0.25, -0.2) is 0 Å². The first-order valence-corrected chi connectivity index (χ1v) is 6.56. The van der Waals surface area contributed by atoms with Gasteiger partial charge in [-0.15, -0.1) is 11.3 Å². The third-order valence-electron chi connectivity index (χ3n) is 3.30. The number of thiophene rings is 1. The van der Waals surface area contributed by atoms with Crippen LogP contribution in [-0.2, 0) is 6.42 Å². The van der Waals surface area contributed by atoms with E-state index >= 15 is 0 Å². The number of aliphatic hydroxyl groups excluding tert-OH is 1. The Labute approximate surface area is 95.5 Å². The number of aliphatic hydroxyl groups is 1. The molecule has 0 amide bonds. The monoisotopic (exact) mass is 225 g/mol. The van der Waals surface area contributed by atoms with Gasteiger partial charge in [0, 0.05) is 17.5 Å². The van der Waals surface area contributed by atoms with Crippen molar-refractivity contribution in [3.8, 4) is 0 Å². The van der Waals surface area contributed by atoms with Gasteiger partial charge in [-0.2, -0.15) is 0 Å². The Balaban J connectivity index is 1.79. The molecule has 1 fully saturated rings. The predicted molar refractivity (Wildman–Crippen MR) is 64.3 cm³/mol. The minimum atomic E-state index is -0.0988. The summed E-state index contributed by atoms with van der Waals surface area (Å²) in [6, 6.07) is 4.68. The Kier molecular flexibility index (Phi) is 3.78. The maximum absolute atomic E-state index is 9.78. The average Bonchev–Trinajstić information content (AvgIpc) is 2.84. The van der Waals surface area contributed by atoms with Crippen molar-refractivity contribution >= 4 is 11.3 Å². The summed E-state index contributed by atoms with van der Waals surface area (Å²) >= 11 is 1.82. The van der Waals surface area contributed by atoms with Gasteiger partial charge in [0.1, 0.15) is 0 Å². The van der Waals surface area contributed by atoms with Crippen molar-refractivity contribution in [1.82, 2.24) is 4.90 Å². The van der Waals surface area contributed by atoms with Crippen LogP contribution in [0.3, 0.4) is 0 Å². The summed E-state index contributed by atoms with van der Waals surface area (Å²) in [6.07, 6.45) is 4.32. The van der Waals surface area contributed by atoms with Crippen molar-refractivity contribution in [3.63, 3.8) is 0 Å². The van der Waals surface area contributed by atoms with Gasteiger partial charge in [0.25, 0.3) is 0 Å². The van der Waals surface area contributed by atoms with Crippen molar-refractivity contribution in [1.29, 1.82) is 0 Å². The standard InChI is InChI=1S/C12H19NOS/c1-13(11-5-2-6-12(11)14)8-7-10-4-3-9-15-10/h3-4,9,11-12,14H,2,5-8H2,1H3. The molecule has 1 heterocycles. The van der Waals surface area contributed by atoms with Gasteiger partial charge in [-0.1, -0.05) is 6.07 Å². The molecule has 84 valence electrons. The first kappa shape index (κ1) is 11.1. The predicted octanol–water partition coefficient (Wildman–Crippen LogP) is 2.14. The van der Waals surface area contributed by atoms with Crippen molar-refractivity contribution in [2.45, 2.75) is 37.8 Å². The molecular formula is C12H19NOS. The molecule has 15 heavy (non-hydrogen) atoms. The van der Waals surface area contributed by atoms with Gasteiger partial charge < -0.3 is 10.0 Å². The van der Waals surface area contributed by atoms with E-state index in [-0.39, 0.29) is 6.10 Å². The zero-order valence-electron chi connectivity index (χ0n) is 9.22. The highest BCUT2D eigenvalue weighted by Gasteiger charge is 2.28. The summed E-state index contributed by atoms with van der Waals surface area (Å²) in [5.74, 6) is 0. The van der Waals surface area contributed by atoms with Crippen molar-refractivity contribution in [2.75, 3.05) is 13.6 Å². The van der Waals surface area contributed by atoms with Crippen molar-refractivity contribution in [2.24, 2.45) is 0 Å². The van der Waals surface area contributed by atoms with Gasteiger partial charge in [0.15, 0.2) is 0 Å². The van der Waals surface area contributed by atoms with E-state index in [1.165, 1.54) is 11.3 Å². The summed E-state index contributed by atoms with van der Waals surface area (Å²) in [5.41, 5.74) is 0. The average molecular weight is 225 g/mol. The molecule has 1 saturated carbocycles. The van der Waals surface area contributed by atoms with Crippen LogP contribution in [0.2, 0.25) is 0 Å². The molecule has 0 aromatic carbocycles. The molecule has 2 nitrogen and oxygen atoms in total. The molecule has 1 aliphatic rings. The van der Waals surface area contributed by atoms with E-state index in [2.05, 4.69) is 29.5 Å². The molecule has 2 atom stereocenters. The van der Waals surface area contributed by atoms with E-state index in [0.29, 0.717) is 6.04 Å². The molecule has 0 aliphatic heterocycles. The van der Waals surface area contributed by atoms with Crippen LogP contribution < -0.4 is 0 Å². The number of likely N-dealkylation sites (N-methyl/N-ethyl adjacent to an activating group) is 1. The highest BCUT2D eigenvalue weighted by Crippen LogP contribution is 2.23. The van der Waals surface area contributed by atoms with E-state index in [0.717, 1.165) is 25.8 Å². The Hall–Kier alpha value is -0.380. The second kappa shape index (κ2) is 5.10. The Morgan fingerprint density at radius 2 is 2.40 bits per heavy atom. The third-order valence-corrected chi connectivity index (χ3v) is 4.24. The lowest BCUT2D eigenvalue weighted by molar-refractivity contribution is 0.0871. The normalized spacial score (nSPS) is 26.3. The van der Waals surface area contributed by atoms with Gasteiger partial charge in [0.2, 0.25) is 0 Å². The minimum absolute atomic E-state index is 0.0988. The summed E-state index contributed by atoms with van der Waals surface area (Å²) in [5, 5.41) is 11.9. The van der Waals surface area contributed by atoms with Crippen LogP contribution in [0.5, 0.6) is 0 Å². The maximum Gasteiger partial charge on any atom is 0.0695 e. The molecule has 1 N–H and O–H groups in total. The molecule has 2 rings (SSSR count). The second-order valence-corrected chi connectivity index (χ2v) is 5.41. The zero-order valence-corrected chi connectivity index (χ0v) is 10.0. The lowest BCUT2D eigenvalue weighted by Crippen LogP contribution is -2.38. The smallest absolute Gasteiger partial charge is 0.0695 e. The Bertz CT molecular complexity index is 286. The number of hydrogen-bond acceptors (Lipinski definition) is 3. The minimum Gasteiger partial charge on any atom is -0.391 e. The first-order chi connectivity index (χ1) is 7.27. The first-order valence-electron chi connectivity index (χ1n) is 5.68. The molecule has 0 spiro atoms. The quantitative estimate of drug-likeness (QED) is 0.848. The van der Waals surface area contributed by atoms with Crippen LogP contribution in [0.15, 0.2) is 17.5 Å². The summed E-state index contributed by atoms with van der Waals surface area (Å²) in [7, 11) is 2.13. The Morgan fingerprint density at radius 1 is 1.53 bits per heavy atom. The lowest BCUT2D eigenvalue weighted by atomic mass is 10.2. The van der Waals surface area contributed by atoms with Gasteiger partial charge in [-0.3, -0.25) is 0 Å². The zero-order chi connectivity index (χ0) is 10.7. The van der Waals surface area contributed by atoms with E-state index in [1.54, 1.807) is 0 Å². The van der Waals surface area contributed by atoms with Crippen LogP contribution >= 0.6 is 11.3 Å². The fourth-order valence-electron chi connectivity index (χ4n) is 2.34. The lowest BCUT2D eigenvalue weighted by Gasteiger charge is -2.26. The van der Waals surface area contributed by atoms with Crippen LogP contribution in [0.1, 0.15) is 24.1 Å². The fourth-order valence-corrected chi connectivity index (χ4v) is 3.04. The van der Waals surface area contributed by atoms with E-state index < -0.39 is 0 Å². The van der Waals surface area contributed by atoms with E-state index in [9.17, 15) is 5.11 Å². The third kappa shape index (κ3) is 2.80. The van der Waals surface area contributed by atoms with Crippen molar-refractivity contribution in [3.05, 3.63) is 22.4 Å². The van der Waals surface area contributed by atoms with Crippen LogP contribution in [0.4, 0.5) is 0 Å². The molecular weight excluding hydrogens is 206 g/mol. The summed E-state index contributed by atoms with van der Waals surface area (Å²) in [4.78, 5) is 3.76. The summed E-state index contributed by atoms with van der Waals surface area (Å²) < 4.78 is 0. The van der Waals surface area contributed by atoms with Crippen LogP contribution in [0, 0.1) is 0 Å². The van der Waals surface area contributed by atoms with Gasteiger partial charge in [0.05, 0.1) is 6.10 Å². The molecule has 1 aromatic rings. The maximum atomic E-state index is 9.78. The van der Waals surface area contributed by atoms with Crippen LogP contribution in [0.25, 0.3) is 0 Å². The van der Waals surface area contributed by atoms with Crippen molar-refractivity contribution < 1.29 is 5.11 Å². The number of hydrogen-bond donors (Lipinski definition) is 1. The van der Waals surface area contributed by atoms with Crippen LogP contribution in [-0.4, -0.2) is 35.7 Å². The largest absolute Gasteiger partial charge is 0.391 e. The molecule has 1 aromatic heterocycles. The molecule has 0 bridgehead atoms. The number of rotatable bonds is 4. The molecule has 0 radical (unpaired) electrons. The SMILES string of the molecule is CN(CCc1cccs1)C1CCCC1O. The van der Waals surface area contributed by atoms with Gasteiger partial charge >= 0.3 is 0 Å².